The van der Waals surface area contributed by atoms with Gasteiger partial charge in [-0.25, -0.2) is 0 Å². The van der Waals surface area contributed by atoms with E-state index in [1.54, 1.807) is 24.3 Å². The third kappa shape index (κ3) is 2.11. The molecule has 1 aromatic rings. The van der Waals surface area contributed by atoms with Gasteiger partial charge in [-0.3, -0.25) is 19.3 Å². The molecule has 0 unspecified atom stereocenters. The molecule has 1 N–H and O–H groups in total. The van der Waals surface area contributed by atoms with Crippen molar-refractivity contribution in [2.45, 2.75) is 13.3 Å². The van der Waals surface area contributed by atoms with Crippen LogP contribution in [-0.4, -0.2) is 30.7 Å². The van der Waals surface area contributed by atoms with Gasteiger partial charge in [0.15, 0.2) is 0 Å². The van der Waals surface area contributed by atoms with Crippen LogP contribution in [0.15, 0.2) is 24.3 Å². The maximum absolute atomic E-state index is 11.8. The van der Waals surface area contributed by atoms with Gasteiger partial charge in [0.05, 0.1) is 11.3 Å². The topological polar surface area (TPSA) is 66.5 Å². The SMILES string of the molecule is CCCNC(=O)CN1C(=O)C(=O)c2ccccc21. The van der Waals surface area contributed by atoms with Crippen LogP contribution in [0.4, 0.5) is 5.69 Å². The largest absolute Gasteiger partial charge is 0.355 e. The Morgan fingerprint density at radius 2 is 2.00 bits per heavy atom. The predicted molar refractivity (Wildman–Crippen MR) is 66.4 cm³/mol. The number of fused-ring (bicyclic) bond motifs is 1. The van der Waals surface area contributed by atoms with Gasteiger partial charge in [-0.05, 0) is 18.6 Å². The molecule has 0 atom stereocenters. The van der Waals surface area contributed by atoms with Crippen molar-refractivity contribution < 1.29 is 14.4 Å². The number of Topliss-reactive ketones (excluding diaryl/α,β-unsaturated/α-hetero) is 1. The monoisotopic (exact) mass is 246 g/mol. The number of benzene rings is 1. The maximum Gasteiger partial charge on any atom is 0.299 e. The molecule has 2 rings (SSSR count). The fourth-order valence-corrected chi connectivity index (χ4v) is 1.87. The van der Waals surface area contributed by atoms with Crippen LogP contribution in [0, 0.1) is 0 Å². The van der Waals surface area contributed by atoms with Crippen LogP contribution in [0.1, 0.15) is 23.7 Å². The fraction of sp³-hybridized carbons (Fsp3) is 0.308. The molecule has 1 aliphatic rings. The second-order valence-corrected chi connectivity index (χ2v) is 4.09. The first-order valence-corrected chi connectivity index (χ1v) is 5.87. The van der Waals surface area contributed by atoms with Gasteiger partial charge in [0.1, 0.15) is 6.54 Å². The van der Waals surface area contributed by atoms with Crippen LogP contribution in [-0.2, 0) is 9.59 Å². The van der Waals surface area contributed by atoms with Crippen molar-refractivity contribution in [1.29, 1.82) is 0 Å². The lowest BCUT2D eigenvalue weighted by molar-refractivity contribution is -0.122. The number of ketones is 1. The summed E-state index contributed by atoms with van der Waals surface area (Å²) in [4.78, 5) is 36.3. The first-order valence-electron chi connectivity index (χ1n) is 5.87. The maximum atomic E-state index is 11.8. The zero-order valence-corrected chi connectivity index (χ0v) is 10.1. The van der Waals surface area contributed by atoms with E-state index in [1.165, 1.54) is 4.90 Å². The molecule has 0 fully saturated rings. The molecule has 18 heavy (non-hydrogen) atoms. The molecule has 0 radical (unpaired) electrons. The Balaban J connectivity index is 2.17. The van der Waals surface area contributed by atoms with E-state index < -0.39 is 11.7 Å². The van der Waals surface area contributed by atoms with Gasteiger partial charge < -0.3 is 5.32 Å². The Hall–Kier alpha value is -2.17. The quantitative estimate of drug-likeness (QED) is 0.797. The summed E-state index contributed by atoms with van der Waals surface area (Å²) in [5.74, 6) is -1.44. The molecule has 1 aliphatic heterocycles. The number of para-hydroxylation sites is 1. The molecule has 2 amide bonds. The van der Waals surface area contributed by atoms with Gasteiger partial charge in [-0.15, -0.1) is 0 Å². The summed E-state index contributed by atoms with van der Waals surface area (Å²) < 4.78 is 0. The number of nitrogens with zero attached hydrogens (tertiary/aromatic N) is 1. The summed E-state index contributed by atoms with van der Waals surface area (Å²) >= 11 is 0. The van der Waals surface area contributed by atoms with Crippen LogP contribution in [0.25, 0.3) is 0 Å². The molecule has 0 bridgehead atoms. The van der Waals surface area contributed by atoms with Crippen molar-refractivity contribution >= 4 is 23.3 Å². The van der Waals surface area contributed by atoms with E-state index in [0.29, 0.717) is 17.8 Å². The Morgan fingerprint density at radius 3 is 2.72 bits per heavy atom. The molecule has 0 aromatic heterocycles. The van der Waals surface area contributed by atoms with Gasteiger partial charge >= 0.3 is 0 Å². The summed E-state index contributed by atoms with van der Waals surface area (Å²) in [5, 5.41) is 2.68. The highest BCUT2D eigenvalue weighted by Crippen LogP contribution is 2.27. The number of carbonyl (C=O) groups excluding carboxylic acids is 3. The summed E-state index contributed by atoms with van der Waals surface area (Å²) in [5.41, 5.74) is 0.880. The molecule has 5 heteroatoms. The van der Waals surface area contributed by atoms with Gasteiger partial charge in [0.2, 0.25) is 5.91 Å². The number of amides is 2. The van der Waals surface area contributed by atoms with Gasteiger partial charge in [-0.2, -0.15) is 0 Å². The second-order valence-electron chi connectivity index (χ2n) is 4.09. The van der Waals surface area contributed by atoms with Crippen molar-refractivity contribution in [3.63, 3.8) is 0 Å². The van der Waals surface area contributed by atoms with E-state index in [2.05, 4.69) is 5.32 Å². The lowest BCUT2D eigenvalue weighted by Gasteiger charge is -2.15. The Kier molecular flexibility index (Phi) is 3.41. The molecule has 1 aromatic carbocycles. The van der Waals surface area contributed by atoms with Crippen LogP contribution in [0.5, 0.6) is 0 Å². The molecule has 1 heterocycles. The molecule has 5 nitrogen and oxygen atoms in total. The molecule has 0 saturated carbocycles. The van der Waals surface area contributed by atoms with Gasteiger partial charge in [-0.1, -0.05) is 19.1 Å². The molecular weight excluding hydrogens is 232 g/mol. The third-order valence-corrected chi connectivity index (χ3v) is 2.75. The Labute approximate surface area is 105 Å². The van der Waals surface area contributed by atoms with Gasteiger partial charge in [0.25, 0.3) is 11.7 Å². The minimum atomic E-state index is -0.636. The van der Waals surface area contributed by atoms with E-state index in [4.69, 9.17) is 0 Å². The van der Waals surface area contributed by atoms with Crippen molar-refractivity contribution in [1.82, 2.24) is 5.32 Å². The molecule has 94 valence electrons. The predicted octanol–water partition coefficient (Wildman–Crippen LogP) is 0.742. The van der Waals surface area contributed by atoms with E-state index in [1.807, 2.05) is 6.92 Å². The zero-order valence-electron chi connectivity index (χ0n) is 10.1. The summed E-state index contributed by atoms with van der Waals surface area (Å²) in [6.07, 6.45) is 0.829. The Morgan fingerprint density at radius 1 is 1.28 bits per heavy atom. The van der Waals surface area contributed by atoms with Crippen molar-refractivity contribution in [3.05, 3.63) is 29.8 Å². The highest BCUT2D eigenvalue weighted by Gasteiger charge is 2.36. The van der Waals surface area contributed by atoms with Crippen LogP contribution >= 0.6 is 0 Å². The molecular formula is C13H14N2O3. The summed E-state index contributed by atoms with van der Waals surface area (Å²) in [6, 6.07) is 6.71. The molecule has 0 spiro atoms. The van der Waals surface area contributed by atoms with Crippen molar-refractivity contribution in [2.75, 3.05) is 18.0 Å². The summed E-state index contributed by atoms with van der Waals surface area (Å²) in [7, 11) is 0. The number of anilines is 1. The first-order chi connectivity index (χ1) is 8.65. The number of carbonyl (C=O) groups is 3. The van der Waals surface area contributed by atoms with E-state index in [0.717, 1.165) is 6.42 Å². The average molecular weight is 246 g/mol. The van der Waals surface area contributed by atoms with E-state index >= 15 is 0 Å². The fourth-order valence-electron chi connectivity index (χ4n) is 1.87. The normalized spacial score (nSPS) is 13.7. The zero-order chi connectivity index (χ0) is 13.1. The number of hydrogen-bond donors (Lipinski definition) is 1. The van der Waals surface area contributed by atoms with Crippen molar-refractivity contribution in [3.8, 4) is 0 Å². The van der Waals surface area contributed by atoms with Crippen molar-refractivity contribution in [2.24, 2.45) is 0 Å². The number of rotatable bonds is 4. The highest BCUT2D eigenvalue weighted by molar-refractivity contribution is 6.52. The summed E-state index contributed by atoms with van der Waals surface area (Å²) in [6.45, 7) is 2.40. The standard InChI is InChI=1S/C13H14N2O3/c1-2-7-14-11(16)8-15-10-6-4-3-5-9(10)12(17)13(15)18/h3-6H,2,7-8H2,1H3,(H,14,16). The van der Waals surface area contributed by atoms with E-state index in [9.17, 15) is 14.4 Å². The van der Waals surface area contributed by atoms with Crippen LogP contribution in [0.3, 0.4) is 0 Å². The highest BCUT2D eigenvalue weighted by atomic mass is 16.2. The molecule has 0 saturated heterocycles. The smallest absolute Gasteiger partial charge is 0.299 e. The second kappa shape index (κ2) is 5.00. The number of hydrogen-bond acceptors (Lipinski definition) is 3. The minimum Gasteiger partial charge on any atom is -0.355 e. The lowest BCUT2D eigenvalue weighted by atomic mass is 10.1. The third-order valence-electron chi connectivity index (χ3n) is 2.75. The number of nitrogens with one attached hydrogen (secondary N) is 1. The lowest BCUT2D eigenvalue weighted by Crippen LogP contribution is -2.40. The Bertz CT molecular complexity index is 511. The van der Waals surface area contributed by atoms with Gasteiger partial charge in [0, 0.05) is 6.54 Å². The molecule has 0 aliphatic carbocycles. The van der Waals surface area contributed by atoms with E-state index in [-0.39, 0.29) is 12.5 Å². The average Bonchev–Trinajstić information content (AvgIpc) is 2.62. The van der Waals surface area contributed by atoms with Crippen LogP contribution < -0.4 is 10.2 Å². The first kappa shape index (κ1) is 12.3. The van der Waals surface area contributed by atoms with Crippen LogP contribution in [0.2, 0.25) is 0 Å². The minimum absolute atomic E-state index is 0.110.